The molecule has 0 aromatic heterocycles. The van der Waals surface area contributed by atoms with E-state index >= 15 is 0 Å². The predicted octanol–water partition coefficient (Wildman–Crippen LogP) is 2.18. The van der Waals surface area contributed by atoms with Crippen LogP contribution in [0.3, 0.4) is 0 Å². The summed E-state index contributed by atoms with van der Waals surface area (Å²) in [6.07, 6.45) is 2.43. The van der Waals surface area contributed by atoms with Gasteiger partial charge in [-0.3, -0.25) is 9.59 Å². The lowest BCUT2D eigenvalue weighted by Crippen LogP contribution is -2.44. The van der Waals surface area contributed by atoms with Crippen molar-refractivity contribution < 1.29 is 9.59 Å². The highest BCUT2D eigenvalue weighted by molar-refractivity contribution is 6.01. The number of amides is 2. The van der Waals surface area contributed by atoms with Gasteiger partial charge in [0.1, 0.15) is 0 Å². The fourth-order valence-corrected chi connectivity index (χ4v) is 4.50. The lowest BCUT2D eigenvalue weighted by atomic mass is 10.0. The maximum absolute atomic E-state index is 13.0. The van der Waals surface area contributed by atoms with Crippen LogP contribution < -0.4 is 10.2 Å². The van der Waals surface area contributed by atoms with Crippen molar-refractivity contribution in [2.45, 2.75) is 46.1 Å². The zero-order chi connectivity index (χ0) is 18.1. The summed E-state index contributed by atoms with van der Waals surface area (Å²) < 4.78 is 0. The molecule has 2 saturated heterocycles. The molecule has 0 bridgehead atoms. The van der Waals surface area contributed by atoms with Crippen molar-refractivity contribution in [3.05, 3.63) is 28.8 Å². The Morgan fingerprint density at radius 2 is 1.92 bits per heavy atom. The first kappa shape index (κ1) is 17.9. The van der Waals surface area contributed by atoms with E-state index < -0.39 is 0 Å². The summed E-state index contributed by atoms with van der Waals surface area (Å²) in [6.45, 7) is 8.30. The van der Waals surface area contributed by atoms with Gasteiger partial charge >= 0.3 is 0 Å². The molecule has 2 aliphatic heterocycles. The number of benzene rings is 1. The van der Waals surface area contributed by atoms with Gasteiger partial charge in [-0.15, -0.1) is 0 Å². The molecule has 2 fully saturated rings. The summed E-state index contributed by atoms with van der Waals surface area (Å²) in [5, 5.41) is 3.18. The van der Waals surface area contributed by atoms with Gasteiger partial charge in [-0.05, 0) is 51.8 Å². The van der Waals surface area contributed by atoms with E-state index in [0.717, 1.165) is 42.7 Å². The number of carbonyl (C=O) groups excluding carboxylic acids is 2. The molecule has 2 heterocycles. The summed E-state index contributed by atoms with van der Waals surface area (Å²) in [6, 6.07) is 4.48. The molecule has 2 unspecified atom stereocenters. The minimum atomic E-state index is -0.218. The Morgan fingerprint density at radius 1 is 1.24 bits per heavy atom. The molecule has 2 aliphatic rings. The van der Waals surface area contributed by atoms with Crippen LogP contribution >= 0.6 is 0 Å². The van der Waals surface area contributed by atoms with E-state index in [4.69, 9.17) is 0 Å². The van der Waals surface area contributed by atoms with E-state index in [9.17, 15) is 9.59 Å². The maximum atomic E-state index is 13.0. The first-order valence-electron chi connectivity index (χ1n) is 9.25. The third-order valence-corrected chi connectivity index (χ3v) is 5.48. The Labute approximate surface area is 150 Å². The molecule has 25 heavy (non-hydrogen) atoms. The van der Waals surface area contributed by atoms with Crippen LogP contribution in [0.25, 0.3) is 0 Å². The van der Waals surface area contributed by atoms with Crippen LogP contribution in [0, 0.1) is 26.7 Å². The molecule has 136 valence electrons. The fraction of sp³-hybridized carbons (Fsp3) is 0.600. The van der Waals surface area contributed by atoms with Crippen LogP contribution in [0.4, 0.5) is 5.69 Å². The molecule has 1 N–H and O–H groups in total. The van der Waals surface area contributed by atoms with Crippen molar-refractivity contribution in [3.63, 3.8) is 0 Å². The molecular formula is C20H29N3O2. The number of rotatable bonds is 4. The van der Waals surface area contributed by atoms with Crippen LogP contribution in [0.5, 0.6) is 0 Å². The first-order chi connectivity index (χ1) is 11.9. The molecule has 5 heteroatoms. The van der Waals surface area contributed by atoms with Crippen LogP contribution in [-0.2, 0) is 9.59 Å². The van der Waals surface area contributed by atoms with Crippen molar-refractivity contribution in [2.24, 2.45) is 5.92 Å². The number of hydrogen-bond donors (Lipinski definition) is 1. The minimum Gasteiger partial charge on any atom is -0.338 e. The molecule has 5 nitrogen and oxygen atoms in total. The van der Waals surface area contributed by atoms with Gasteiger partial charge in [0, 0.05) is 37.8 Å². The van der Waals surface area contributed by atoms with Crippen LogP contribution in [0.15, 0.2) is 12.1 Å². The Bertz CT molecular complexity index is 663. The topological polar surface area (TPSA) is 52.7 Å². The number of anilines is 1. The van der Waals surface area contributed by atoms with Gasteiger partial charge in [0.25, 0.3) is 0 Å². The highest BCUT2D eigenvalue weighted by Gasteiger charge is 2.40. The van der Waals surface area contributed by atoms with Crippen LogP contribution in [-0.4, -0.2) is 49.4 Å². The SMILES string of the molecule is CNCC1CCCN1C(=O)C1CC(=O)N(c2c(C)cc(C)cc2C)C1. The zero-order valence-corrected chi connectivity index (χ0v) is 15.8. The van der Waals surface area contributed by atoms with E-state index in [-0.39, 0.29) is 23.8 Å². The number of carbonyl (C=O) groups is 2. The Kier molecular flexibility index (Phi) is 5.13. The van der Waals surface area contributed by atoms with E-state index in [1.165, 1.54) is 5.56 Å². The molecule has 2 amide bonds. The van der Waals surface area contributed by atoms with Crippen molar-refractivity contribution in [2.75, 3.05) is 31.6 Å². The van der Waals surface area contributed by atoms with Crippen molar-refractivity contribution in [1.29, 1.82) is 0 Å². The van der Waals surface area contributed by atoms with Gasteiger partial charge in [-0.2, -0.15) is 0 Å². The second kappa shape index (κ2) is 7.16. The summed E-state index contributed by atoms with van der Waals surface area (Å²) >= 11 is 0. The monoisotopic (exact) mass is 343 g/mol. The van der Waals surface area contributed by atoms with Crippen molar-refractivity contribution >= 4 is 17.5 Å². The third-order valence-electron chi connectivity index (χ3n) is 5.48. The lowest BCUT2D eigenvalue weighted by molar-refractivity contribution is -0.136. The maximum Gasteiger partial charge on any atom is 0.228 e. The molecular weight excluding hydrogens is 314 g/mol. The zero-order valence-electron chi connectivity index (χ0n) is 15.8. The highest BCUT2D eigenvalue weighted by atomic mass is 16.2. The minimum absolute atomic E-state index is 0.0674. The molecule has 3 rings (SSSR count). The van der Waals surface area contributed by atoms with Crippen molar-refractivity contribution in [3.8, 4) is 0 Å². The normalized spacial score (nSPS) is 23.6. The summed E-state index contributed by atoms with van der Waals surface area (Å²) in [7, 11) is 1.92. The quantitative estimate of drug-likeness (QED) is 0.912. The van der Waals surface area contributed by atoms with Crippen molar-refractivity contribution in [1.82, 2.24) is 10.2 Å². The molecule has 0 saturated carbocycles. The van der Waals surface area contributed by atoms with E-state index in [2.05, 4.69) is 24.4 Å². The molecule has 0 radical (unpaired) electrons. The number of likely N-dealkylation sites (N-methyl/N-ethyl adjacent to an activating group) is 1. The first-order valence-corrected chi connectivity index (χ1v) is 9.25. The largest absolute Gasteiger partial charge is 0.338 e. The number of hydrogen-bond acceptors (Lipinski definition) is 3. The van der Waals surface area contributed by atoms with Crippen LogP contribution in [0.2, 0.25) is 0 Å². The number of likely N-dealkylation sites (tertiary alicyclic amines) is 1. The molecule has 1 aromatic rings. The van der Waals surface area contributed by atoms with Gasteiger partial charge in [-0.1, -0.05) is 17.7 Å². The average molecular weight is 343 g/mol. The standard InChI is InChI=1S/C20H29N3O2/c1-13-8-14(2)19(15(3)9-13)23-12-16(10-18(23)24)20(25)22-7-5-6-17(22)11-21-4/h8-9,16-17,21H,5-7,10-12H2,1-4H3. The summed E-state index contributed by atoms with van der Waals surface area (Å²) in [4.78, 5) is 29.5. The van der Waals surface area contributed by atoms with Gasteiger partial charge < -0.3 is 15.1 Å². The van der Waals surface area contributed by atoms with Gasteiger partial charge in [0.15, 0.2) is 0 Å². The van der Waals surface area contributed by atoms with Gasteiger partial charge in [-0.25, -0.2) is 0 Å². The Balaban J connectivity index is 1.78. The third kappa shape index (κ3) is 3.43. The average Bonchev–Trinajstić information content (AvgIpc) is 3.14. The molecule has 2 atom stereocenters. The summed E-state index contributed by atoms with van der Waals surface area (Å²) in [5.41, 5.74) is 4.39. The molecule has 0 aliphatic carbocycles. The number of nitrogens with one attached hydrogen (secondary N) is 1. The molecule has 0 spiro atoms. The highest BCUT2D eigenvalue weighted by Crippen LogP contribution is 2.33. The van der Waals surface area contributed by atoms with Gasteiger partial charge in [0.05, 0.1) is 5.92 Å². The molecule has 1 aromatic carbocycles. The predicted molar refractivity (Wildman–Crippen MR) is 99.8 cm³/mol. The van der Waals surface area contributed by atoms with E-state index in [1.807, 2.05) is 30.7 Å². The second-order valence-electron chi connectivity index (χ2n) is 7.54. The second-order valence-corrected chi connectivity index (χ2v) is 7.54. The van der Waals surface area contributed by atoms with Crippen LogP contribution in [0.1, 0.15) is 36.0 Å². The lowest BCUT2D eigenvalue weighted by Gasteiger charge is -2.27. The van der Waals surface area contributed by atoms with E-state index in [0.29, 0.717) is 13.0 Å². The Morgan fingerprint density at radius 3 is 2.56 bits per heavy atom. The van der Waals surface area contributed by atoms with E-state index in [1.54, 1.807) is 0 Å². The fourth-order valence-electron chi connectivity index (χ4n) is 4.50. The summed E-state index contributed by atoms with van der Waals surface area (Å²) in [5.74, 6) is -0.00107. The Hall–Kier alpha value is -1.88. The number of aryl methyl sites for hydroxylation is 3. The van der Waals surface area contributed by atoms with Gasteiger partial charge in [0.2, 0.25) is 11.8 Å². The number of nitrogens with zero attached hydrogens (tertiary/aromatic N) is 2. The smallest absolute Gasteiger partial charge is 0.228 e.